The van der Waals surface area contributed by atoms with Crippen LogP contribution in [0.15, 0.2) is 30.3 Å². The maximum absolute atomic E-state index is 11.5. The molecule has 0 aliphatic heterocycles. The summed E-state index contributed by atoms with van der Waals surface area (Å²) < 4.78 is 0. The molecule has 146 valence electrons. The standard InChI is InChI=1S/C22H35NO2S/c1-2-3-4-5-6-7-8-9-10-14-17-21(26)23-20(22(24)25)18-19-15-12-11-13-16-19/h11-13,15-16,20H,2-10,14,17-18H2,1H3,(H,23,26)(H,24,25). The first-order valence-corrected chi connectivity index (χ1v) is 10.6. The van der Waals surface area contributed by atoms with Crippen molar-refractivity contribution < 1.29 is 9.90 Å². The van der Waals surface area contributed by atoms with Crippen molar-refractivity contribution in [3.63, 3.8) is 0 Å². The van der Waals surface area contributed by atoms with Gasteiger partial charge in [0, 0.05) is 6.42 Å². The summed E-state index contributed by atoms with van der Waals surface area (Å²) >= 11 is 5.35. The van der Waals surface area contributed by atoms with Gasteiger partial charge in [0.2, 0.25) is 0 Å². The highest BCUT2D eigenvalue weighted by Crippen LogP contribution is 2.12. The Labute approximate surface area is 164 Å². The average molecular weight is 378 g/mol. The minimum atomic E-state index is -0.848. The van der Waals surface area contributed by atoms with Crippen LogP contribution in [0, 0.1) is 0 Å². The zero-order valence-electron chi connectivity index (χ0n) is 16.2. The molecule has 0 amide bonds. The molecule has 0 aliphatic rings. The van der Waals surface area contributed by atoms with Crippen LogP contribution in [0.2, 0.25) is 0 Å². The zero-order chi connectivity index (χ0) is 19.0. The third-order valence-electron chi connectivity index (χ3n) is 4.67. The Hall–Kier alpha value is -1.42. The molecule has 0 radical (unpaired) electrons. The van der Waals surface area contributed by atoms with Crippen LogP contribution in [-0.2, 0) is 11.2 Å². The monoisotopic (exact) mass is 377 g/mol. The minimum absolute atomic E-state index is 0.453. The quantitative estimate of drug-likeness (QED) is 0.295. The molecule has 1 aromatic carbocycles. The normalized spacial score (nSPS) is 11.9. The maximum atomic E-state index is 11.5. The van der Waals surface area contributed by atoms with E-state index in [2.05, 4.69) is 12.2 Å². The number of hydrogen-bond donors (Lipinski definition) is 2. The van der Waals surface area contributed by atoms with Gasteiger partial charge in [0.15, 0.2) is 0 Å². The van der Waals surface area contributed by atoms with E-state index in [4.69, 9.17) is 12.2 Å². The largest absolute Gasteiger partial charge is 0.480 e. The predicted molar refractivity (Wildman–Crippen MR) is 114 cm³/mol. The van der Waals surface area contributed by atoms with Crippen LogP contribution in [0.5, 0.6) is 0 Å². The van der Waals surface area contributed by atoms with E-state index in [0.717, 1.165) is 18.4 Å². The first-order chi connectivity index (χ1) is 12.6. The number of unbranched alkanes of at least 4 members (excludes halogenated alkanes) is 9. The molecule has 0 fully saturated rings. The molecule has 0 spiro atoms. The number of carbonyl (C=O) groups is 1. The van der Waals surface area contributed by atoms with E-state index in [0.29, 0.717) is 11.4 Å². The fourth-order valence-electron chi connectivity index (χ4n) is 3.09. The van der Waals surface area contributed by atoms with E-state index in [9.17, 15) is 9.90 Å². The molecule has 2 N–H and O–H groups in total. The lowest BCUT2D eigenvalue weighted by atomic mass is 10.0. The first kappa shape index (κ1) is 22.6. The topological polar surface area (TPSA) is 49.3 Å². The second-order valence-corrected chi connectivity index (χ2v) is 7.57. The van der Waals surface area contributed by atoms with Crippen molar-refractivity contribution >= 4 is 23.2 Å². The number of benzene rings is 1. The van der Waals surface area contributed by atoms with Gasteiger partial charge in [-0.2, -0.15) is 0 Å². The SMILES string of the molecule is CCCCCCCCCCCCC(=S)NC(Cc1ccccc1)C(=O)O. The lowest BCUT2D eigenvalue weighted by Gasteiger charge is -2.16. The van der Waals surface area contributed by atoms with Crippen LogP contribution in [0.1, 0.15) is 83.1 Å². The molecule has 0 saturated carbocycles. The van der Waals surface area contributed by atoms with Crippen LogP contribution in [-0.4, -0.2) is 22.1 Å². The molecule has 0 heterocycles. The van der Waals surface area contributed by atoms with Gasteiger partial charge in [-0.25, -0.2) is 4.79 Å². The predicted octanol–water partition coefficient (Wildman–Crippen LogP) is 5.91. The van der Waals surface area contributed by atoms with Crippen LogP contribution >= 0.6 is 12.2 Å². The highest BCUT2D eigenvalue weighted by Gasteiger charge is 2.18. The number of rotatable bonds is 15. The summed E-state index contributed by atoms with van der Waals surface area (Å²) in [6, 6.07) is 9.04. The average Bonchev–Trinajstić information content (AvgIpc) is 2.63. The van der Waals surface area contributed by atoms with Gasteiger partial charge in [0.05, 0.1) is 4.99 Å². The zero-order valence-corrected chi connectivity index (χ0v) is 17.0. The van der Waals surface area contributed by atoms with Crippen LogP contribution in [0.4, 0.5) is 0 Å². The molecule has 1 aromatic rings. The Morgan fingerprint density at radius 2 is 1.50 bits per heavy atom. The van der Waals surface area contributed by atoms with Crippen molar-refractivity contribution in [1.82, 2.24) is 5.32 Å². The van der Waals surface area contributed by atoms with E-state index < -0.39 is 12.0 Å². The Morgan fingerprint density at radius 3 is 2.04 bits per heavy atom. The number of nitrogens with one attached hydrogen (secondary N) is 1. The molecular weight excluding hydrogens is 342 g/mol. The molecule has 1 rings (SSSR count). The van der Waals surface area contributed by atoms with Crippen molar-refractivity contribution in [2.75, 3.05) is 0 Å². The first-order valence-electron chi connectivity index (χ1n) is 10.2. The van der Waals surface area contributed by atoms with Gasteiger partial charge in [0.25, 0.3) is 0 Å². The molecular formula is C22H35NO2S. The van der Waals surface area contributed by atoms with Crippen LogP contribution < -0.4 is 5.32 Å². The van der Waals surface area contributed by atoms with E-state index in [-0.39, 0.29) is 0 Å². The Kier molecular flexibility index (Phi) is 12.8. The van der Waals surface area contributed by atoms with Gasteiger partial charge >= 0.3 is 5.97 Å². The van der Waals surface area contributed by atoms with Crippen molar-refractivity contribution in [3.05, 3.63) is 35.9 Å². The summed E-state index contributed by atoms with van der Waals surface area (Å²) in [7, 11) is 0. The molecule has 0 aromatic heterocycles. The van der Waals surface area contributed by atoms with Gasteiger partial charge in [-0.05, 0) is 18.4 Å². The summed E-state index contributed by atoms with van der Waals surface area (Å²) in [5.74, 6) is -0.848. The highest BCUT2D eigenvalue weighted by molar-refractivity contribution is 7.80. The van der Waals surface area contributed by atoms with Crippen molar-refractivity contribution in [2.45, 2.75) is 90.0 Å². The maximum Gasteiger partial charge on any atom is 0.326 e. The van der Waals surface area contributed by atoms with Crippen molar-refractivity contribution in [3.8, 4) is 0 Å². The van der Waals surface area contributed by atoms with E-state index in [1.54, 1.807) is 0 Å². The molecule has 3 nitrogen and oxygen atoms in total. The van der Waals surface area contributed by atoms with Gasteiger partial charge in [0.1, 0.15) is 6.04 Å². The summed E-state index contributed by atoms with van der Waals surface area (Å²) in [4.78, 5) is 12.1. The van der Waals surface area contributed by atoms with Gasteiger partial charge in [-0.3, -0.25) is 0 Å². The third kappa shape index (κ3) is 11.2. The molecule has 0 bridgehead atoms. The molecule has 1 unspecified atom stereocenters. The fourth-order valence-corrected chi connectivity index (χ4v) is 3.38. The summed E-state index contributed by atoms with van der Waals surface area (Å²) in [5.41, 5.74) is 1.01. The smallest absolute Gasteiger partial charge is 0.326 e. The Bertz CT molecular complexity index is 504. The lowest BCUT2D eigenvalue weighted by molar-refractivity contribution is -0.139. The summed E-state index contributed by atoms with van der Waals surface area (Å²) in [6.07, 6.45) is 14.1. The molecule has 26 heavy (non-hydrogen) atoms. The lowest BCUT2D eigenvalue weighted by Crippen LogP contribution is -2.41. The molecule has 4 heteroatoms. The van der Waals surface area contributed by atoms with E-state index in [1.165, 1.54) is 57.8 Å². The Balaban J connectivity index is 2.11. The summed E-state index contributed by atoms with van der Waals surface area (Å²) in [6.45, 7) is 2.25. The summed E-state index contributed by atoms with van der Waals surface area (Å²) in [5, 5.41) is 12.4. The number of carboxylic acid groups (broad SMARTS) is 1. The van der Waals surface area contributed by atoms with E-state index in [1.807, 2.05) is 30.3 Å². The third-order valence-corrected chi connectivity index (χ3v) is 5.00. The van der Waals surface area contributed by atoms with Gasteiger partial charge in [-0.1, -0.05) is 107 Å². The Morgan fingerprint density at radius 1 is 0.962 bits per heavy atom. The van der Waals surface area contributed by atoms with Crippen LogP contribution in [0.25, 0.3) is 0 Å². The molecule has 1 atom stereocenters. The number of aliphatic carboxylic acids is 1. The fraction of sp³-hybridized carbons (Fsp3) is 0.636. The van der Waals surface area contributed by atoms with Gasteiger partial charge < -0.3 is 10.4 Å². The van der Waals surface area contributed by atoms with E-state index >= 15 is 0 Å². The van der Waals surface area contributed by atoms with Gasteiger partial charge in [-0.15, -0.1) is 0 Å². The molecule has 0 aliphatic carbocycles. The van der Waals surface area contributed by atoms with Crippen molar-refractivity contribution in [2.24, 2.45) is 0 Å². The highest BCUT2D eigenvalue weighted by atomic mass is 32.1. The van der Waals surface area contributed by atoms with Crippen LogP contribution in [0.3, 0.4) is 0 Å². The van der Waals surface area contributed by atoms with Crippen molar-refractivity contribution in [1.29, 1.82) is 0 Å². The number of hydrogen-bond acceptors (Lipinski definition) is 2. The molecule has 0 saturated heterocycles. The second kappa shape index (κ2) is 14.7. The number of carboxylic acids is 1. The second-order valence-electron chi connectivity index (χ2n) is 7.08. The minimum Gasteiger partial charge on any atom is -0.480 e. The number of thiocarbonyl (C=S) groups is 1.